The minimum absolute atomic E-state index is 0.00265. The van der Waals surface area contributed by atoms with Crippen LogP contribution in [0.15, 0.2) is 83.8 Å². The molecule has 0 saturated carbocycles. The van der Waals surface area contributed by atoms with Crippen LogP contribution in [0.4, 0.5) is 10.1 Å². The summed E-state index contributed by atoms with van der Waals surface area (Å²) in [5, 5.41) is 2.56. The van der Waals surface area contributed by atoms with Crippen LogP contribution in [0.1, 0.15) is 18.9 Å². The van der Waals surface area contributed by atoms with E-state index in [9.17, 15) is 22.4 Å². The predicted molar refractivity (Wildman–Crippen MR) is 139 cm³/mol. The van der Waals surface area contributed by atoms with E-state index in [0.717, 1.165) is 4.31 Å². The molecular weight excluding hydrogens is 497 g/mol. The number of likely N-dealkylation sites (N-methyl/N-ethyl adjacent to an activating group) is 1. The van der Waals surface area contributed by atoms with Crippen molar-refractivity contribution in [2.75, 3.05) is 25.0 Å². The van der Waals surface area contributed by atoms with Crippen molar-refractivity contribution in [1.82, 2.24) is 10.2 Å². The number of para-hydroxylation sites is 2. The van der Waals surface area contributed by atoms with Crippen LogP contribution < -0.4 is 14.4 Å². The molecule has 8 nitrogen and oxygen atoms in total. The molecule has 0 heterocycles. The third kappa shape index (κ3) is 6.45. The third-order valence-electron chi connectivity index (χ3n) is 5.86. The molecule has 0 aliphatic rings. The first-order valence-corrected chi connectivity index (χ1v) is 13.1. The van der Waals surface area contributed by atoms with Crippen molar-refractivity contribution in [3.05, 3.63) is 90.2 Å². The average molecular weight is 528 g/mol. The Hall–Kier alpha value is -3.92. The fraction of sp³-hybridized carbons (Fsp3) is 0.259. The van der Waals surface area contributed by atoms with Crippen molar-refractivity contribution in [2.24, 2.45) is 0 Å². The molecule has 3 rings (SSSR count). The number of nitrogens with zero attached hydrogens (tertiary/aromatic N) is 2. The molecule has 3 aromatic rings. The maximum absolute atomic E-state index is 13.8. The Kier molecular flexibility index (Phi) is 9.24. The van der Waals surface area contributed by atoms with E-state index in [-0.39, 0.29) is 29.3 Å². The number of anilines is 1. The highest BCUT2D eigenvalue weighted by molar-refractivity contribution is 7.92. The smallest absolute Gasteiger partial charge is 0.264 e. The van der Waals surface area contributed by atoms with Gasteiger partial charge < -0.3 is 15.0 Å². The molecule has 37 heavy (non-hydrogen) atoms. The van der Waals surface area contributed by atoms with Gasteiger partial charge in [-0.2, -0.15) is 0 Å². The Morgan fingerprint density at radius 1 is 0.973 bits per heavy atom. The van der Waals surface area contributed by atoms with Gasteiger partial charge in [0.1, 0.15) is 24.2 Å². The molecule has 1 N–H and O–H groups in total. The highest BCUT2D eigenvalue weighted by atomic mass is 32.2. The van der Waals surface area contributed by atoms with Crippen molar-refractivity contribution < 1.29 is 27.1 Å². The molecule has 0 spiro atoms. The van der Waals surface area contributed by atoms with E-state index in [1.165, 1.54) is 55.5 Å². The average Bonchev–Trinajstić information content (AvgIpc) is 2.92. The van der Waals surface area contributed by atoms with Crippen LogP contribution in [-0.2, 0) is 26.2 Å². The largest absolute Gasteiger partial charge is 0.495 e. The molecule has 3 aromatic carbocycles. The van der Waals surface area contributed by atoms with E-state index < -0.39 is 40.2 Å². The first-order valence-electron chi connectivity index (χ1n) is 11.7. The van der Waals surface area contributed by atoms with Gasteiger partial charge in [-0.3, -0.25) is 13.9 Å². The van der Waals surface area contributed by atoms with E-state index in [2.05, 4.69) is 5.32 Å². The van der Waals surface area contributed by atoms with Gasteiger partial charge in [0.25, 0.3) is 10.0 Å². The number of rotatable bonds is 11. The van der Waals surface area contributed by atoms with E-state index in [1.54, 1.807) is 49.4 Å². The van der Waals surface area contributed by atoms with Gasteiger partial charge >= 0.3 is 0 Å². The second kappa shape index (κ2) is 12.4. The number of halogens is 1. The summed E-state index contributed by atoms with van der Waals surface area (Å²) in [6, 6.07) is 18.9. The SMILES string of the molecule is CC[C@@H](C(=O)NC)N(Cc1ccc(F)cc1)C(=O)CN(c1ccccc1OC)S(=O)(=O)c1ccccc1. The number of sulfonamides is 1. The summed E-state index contributed by atoms with van der Waals surface area (Å²) < 4.78 is 47.4. The molecule has 0 fully saturated rings. The Morgan fingerprint density at radius 2 is 1.59 bits per heavy atom. The van der Waals surface area contributed by atoms with Crippen LogP contribution in [0.5, 0.6) is 5.75 Å². The zero-order valence-corrected chi connectivity index (χ0v) is 21.7. The monoisotopic (exact) mass is 527 g/mol. The van der Waals surface area contributed by atoms with Crippen LogP contribution in [-0.4, -0.2) is 51.9 Å². The molecule has 0 aromatic heterocycles. The summed E-state index contributed by atoms with van der Waals surface area (Å²) in [7, 11) is -1.32. The van der Waals surface area contributed by atoms with Crippen LogP contribution in [0, 0.1) is 5.82 Å². The van der Waals surface area contributed by atoms with Crippen molar-refractivity contribution in [1.29, 1.82) is 0 Å². The molecule has 10 heteroatoms. The van der Waals surface area contributed by atoms with Crippen LogP contribution >= 0.6 is 0 Å². The second-order valence-electron chi connectivity index (χ2n) is 8.18. The van der Waals surface area contributed by atoms with E-state index in [4.69, 9.17) is 4.74 Å². The summed E-state index contributed by atoms with van der Waals surface area (Å²) in [4.78, 5) is 27.8. The fourth-order valence-corrected chi connectivity index (χ4v) is 5.39. The Balaban J connectivity index is 2.08. The van der Waals surface area contributed by atoms with Gasteiger partial charge in [-0.15, -0.1) is 0 Å². The van der Waals surface area contributed by atoms with Gasteiger partial charge in [0.05, 0.1) is 17.7 Å². The lowest BCUT2D eigenvalue weighted by molar-refractivity contribution is -0.140. The van der Waals surface area contributed by atoms with Gasteiger partial charge in [-0.25, -0.2) is 12.8 Å². The van der Waals surface area contributed by atoms with Crippen LogP contribution in [0.25, 0.3) is 0 Å². The molecular formula is C27H30FN3O5S. The number of carbonyl (C=O) groups is 2. The molecule has 1 atom stereocenters. The highest BCUT2D eigenvalue weighted by Crippen LogP contribution is 2.32. The number of ether oxygens (including phenoxy) is 1. The fourth-order valence-electron chi connectivity index (χ4n) is 3.94. The topological polar surface area (TPSA) is 96.0 Å². The zero-order chi connectivity index (χ0) is 27.0. The number of carbonyl (C=O) groups excluding carboxylic acids is 2. The second-order valence-corrected chi connectivity index (χ2v) is 10.0. The molecule has 0 bridgehead atoms. The molecule has 0 radical (unpaired) electrons. The number of amides is 2. The van der Waals surface area contributed by atoms with Gasteiger partial charge in [-0.05, 0) is 48.4 Å². The maximum atomic E-state index is 13.8. The number of methoxy groups -OCH3 is 1. The van der Waals surface area contributed by atoms with Crippen molar-refractivity contribution >= 4 is 27.5 Å². The first kappa shape index (κ1) is 27.7. The Morgan fingerprint density at radius 3 is 2.19 bits per heavy atom. The molecule has 0 saturated heterocycles. The van der Waals surface area contributed by atoms with Crippen molar-refractivity contribution in [3.63, 3.8) is 0 Å². The van der Waals surface area contributed by atoms with Crippen molar-refractivity contribution in [3.8, 4) is 5.75 Å². The summed E-state index contributed by atoms with van der Waals surface area (Å²) in [5.74, 6) is -1.17. The van der Waals surface area contributed by atoms with Gasteiger partial charge in [0.2, 0.25) is 11.8 Å². The minimum atomic E-state index is -4.20. The van der Waals surface area contributed by atoms with Crippen LogP contribution in [0.2, 0.25) is 0 Å². The lowest BCUT2D eigenvalue weighted by Crippen LogP contribution is -2.51. The Bertz CT molecular complexity index is 1320. The molecule has 0 aliphatic heterocycles. The number of benzene rings is 3. The van der Waals surface area contributed by atoms with Gasteiger partial charge in [0.15, 0.2) is 0 Å². The molecule has 2 amide bonds. The maximum Gasteiger partial charge on any atom is 0.264 e. The van der Waals surface area contributed by atoms with E-state index >= 15 is 0 Å². The van der Waals surface area contributed by atoms with Crippen LogP contribution in [0.3, 0.4) is 0 Å². The quantitative estimate of drug-likeness (QED) is 0.411. The lowest BCUT2D eigenvalue weighted by Gasteiger charge is -2.33. The standard InChI is InChI=1S/C27H30FN3O5S/c1-4-23(27(33)29-2)30(18-20-14-16-21(28)17-15-20)26(32)19-31(24-12-8-9-13-25(24)36-3)37(34,35)22-10-6-5-7-11-22/h5-17,23H,4,18-19H2,1-3H3,(H,29,33)/t23-/m0/s1. The third-order valence-corrected chi connectivity index (χ3v) is 7.64. The number of nitrogens with one attached hydrogen (secondary N) is 1. The van der Waals surface area contributed by atoms with E-state index in [0.29, 0.717) is 5.56 Å². The molecule has 0 aliphatic carbocycles. The summed E-state index contributed by atoms with van der Waals surface area (Å²) in [5.41, 5.74) is 0.767. The molecule has 0 unspecified atom stereocenters. The Labute approximate surface area is 216 Å². The number of hydrogen-bond acceptors (Lipinski definition) is 5. The van der Waals surface area contributed by atoms with Gasteiger partial charge in [0, 0.05) is 13.6 Å². The summed E-state index contributed by atoms with van der Waals surface area (Å²) in [6.07, 6.45) is 0.284. The highest BCUT2D eigenvalue weighted by Gasteiger charge is 2.34. The lowest BCUT2D eigenvalue weighted by atomic mass is 10.1. The van der Waals surface area contributed by atoms with Gasteiger partial charge in [-0.1, -0.05) is 49.4 Å². The normalized spacial score (nSPS) is 11.9. The minimum Gasteiger partial charge on any atom is -0.495 e. The van der Waals surface area contributed by atoms with E-state index in [1.807, 2.05) is 0 Å². The zero-order valence-electron chi connectivity index (χ0n) is 20.9. The first-order chi connectivity index (χ1) is 17.7. The summed E-state index contributed by atoms with van der Waals surface area (Å²) in [6.45, 7) is 1.14. The predicted octanol–water partition coefficient (Wildman–Crippen LogP) is 3.58. The molecule has 196 valence electrons. The van der Waals surface area contributed by atoms with Crippen molar-refractivity contribution in [2.45, 2.75) is 30.8 Å². The summed E-state index contributed by atoms with van der Waals surface area (Å²) >= 11 is 0. The number of hydrogen-bond donors (Lipinski definition) is 1.